The molecule has 0 radical (unpaired) electrons. The lowest BCUT2D eigenvalue weighted by Crippen LogP contribution is -2.45. The van der Waals surface area contributed by atoms with Gasteiger partial charge in [0.15, 0.2) is 5.13 Å². The van der Waals surface area contributed by atoms with E-state index in [2.05, 4.69) is 20.6 Å². The Morgan fingerprint density at radius 2 is 2.06 bits per heavy atom. The lowest BCUT2D eigenvalue weighted by molar-refractivity contribution is -0.137. The fourth-order valence-corrected chi connectivity index (χ4v) is 4.27. The fourth-order valence-electron chi connectivity index (χ4n) is 3.57. The molecular weight excluding hydrogens is 455 g/mol. The first-order chi connectivity index (χ1) is 15.8. The summed E-state index contributed by atoms with van der Waals surface area (Å²) in [5.74, 6) is -0.635. The maximum Gasteiger partial charge on any atom is 0.416 e. The van der Waals surface area contributed by atoms with Crippen molar-refractivity contribution in [2.75, 3.05) is 11.9 Å². The second kappa shape index (κ2) is 9.57. The molecule has 1 atom stereocenters. The number of alkyl halides is 3. The minimum Gasteiger partial charge on any atom is -0.350 e. The van der Waals surface area contributed by atoms with E-state index < -0.39 is 17.8 Å². The van der Waals surface area contributed by atoms with Gasteiger partial charge < -0.3 is 15.5 Å². The van der Waals surface area contributed by atoms with Crippen LogP contribution in [0.3, 0.4) is 0 Å². The molecule has 0 aliphatic carbocycles. The van der Waals surface area contributed by atoms with Gasteiger partial charge >= 0.3 is 6.18 Å². The topological polar surface area (TPSA) is 87.2 Å². The Kier molecular flexibility index (Phi) is 6.59. The highest BCUT2D eigenvalue weighted by Crippen LogP contribution is 2.32. The number of benzene rings is 1. The van der Waals surface area contributed by atoms with Crippen LogP contribution in [0, 0.1) is 0 Å². The normalized spacial score (nSPS) is 16.0. The molecule has 1 aliphatic heterocycles. The summed E-state index contributed by atoms with van der Waals surface area (Å²) in [5.41, 5.74) is 0.428. The number of nitrogens with zero attached hydrogens (tertiary/aromatic N) is 3. The van der Waals surface area contributed by atoms with Crippen molar-refractivity contribution >= 4 is 34.0 Å². The van der Waals surface area contributed by atoms with E-state index in [4.69, 9.17) is 0 Å². The van der Waals surface area contributed by atoms with E-state index in [1.54, 1.807) is 18.5 Å². The van der Waals surface area contributed by atoms with Crippen molar-refractivity contribution < 1.29 is 22.8 Å². The number of thiazole rings is 1. The third kappa shape index (κ3) is 5.48. The molecule has 1 saturated heterocycles. The molecule has 3 aromatic rings. The second-order valence-electron chi connectivity index (χ2n) is 7.48. The second-order valence-corrected chi connectivity index (χ2v) is 8.34. The van der Waals surface area contributed by atoms with Gasteiger partial charge in [0, 0.05) is 36.6 Å². The fraction of sp³-hybridized carbons (Fsp3) is 0.273. The third-order valence-corrected chi connectivity index (χ3v) is 5.93. The maximum atomic E-state index is 13.0. The van der Waals surface area contributed by atoms with Crippen LogP contribution in [0.15, 0.2) is 54.2 Å². The molecule has 33 heavy (non-hydrogen) atoms. The zero-order chi connectivity index (χ0) is 23.4. The molecule has 0 bridgehead atoms. The molecule has 2 aromatic heterocycles. The van der Waals surface area contributed by atoms with Crippen LogP contribution in [0.1, 0.15) is 34.5 Å². The number of hydrogen-bond donors (Lipinski definition) is 2. The molecule has 2 N–H and O–H groups in total. The van der Waals surface area contributed by atoms with E-state index in [1.807, 2.05) is 6.07 Å². The summed E-state index contributed by atoms with van der Waals surface area (Å²) in [4.78, 5) is 35.4. The highest BCUT2D eigenvalue weighted by atomic mass is 32.1. The van der Waals surface area contributed by atoms with Crippen LogP contribution in [0.4, 0.5) is 24.0 Å². The summed E-state index contributed by atoms with van der Waals surface area (Å²) in [6, 6.07) is 7.76. The molecule has 7 nitrogen and oxygen atoms in total. The molecular formula is C22H20F3N5O2S. The van der Waals surface area contributed by atoms with E-state index in [-0.39, 0.29) is 28.3 Å². The molecule has 1 aromatic carbocycles. The first-order valence-corrected chi connectivity index (χ1v) is 11.1. The Morgan fingerprint density at radius 1 is 1.21 bits per heavy atom. The van der Waals surface area contributed by atoms with Crippen molar-refractivity contribution in [1.29, 1.82) is 0 Å². The van der Waals surface area contributed by atoms with Gasteiger partial charge in [-0.15, -0.1) is 11.3 Å². The summed E-state index contributed by atoms with van der Waals surface area (Å²) < 4.78 is 38.7. The van der Waals surface area contributed by atoms with Crippen molar-refractivity contribution in [3.8, 4) is 0 Å². The van der Waals surface area contributed by atoms with E-state index in [0.29, 0.717) is 25.9 Å². The minimum absolute atomic E-state index is 0.140. The number of halogens is 3. The molecule has 0 spiro atoms. The Morgan fingerprint density at radius 3 is 2.82 bits per heavy atom. The monoisotopic (exact) mass is 475 g/mol. The highest BCUT2D eigenvalue weighted by molar-refractivity contribution is 7.14. The number of hydrogen-bond acceptors (Lipinski definition) is 6. The van der Waals surface area contributed by atoms with Gasteiger partial charge in [-0.2, -0.15) is 13.2 Å². The van der Waals surface area contributed by atoms with Gasteiger partial charge in [-0.3, -0.25) is 14.6 Å². The van der Waals surface area contributed by atoms with Crippen molar-refractivity contribution in [3.63, 3.8) is 0 Å². The summed E-state index contributed by atoms with van der Waals surface area (Å²) >= 11 is 1.10. The largest absolute Gasteiger partial charge is 0.416 e. The number of pyridine rings is 1. The summed E-state index contributed by atoms with van der Waals surface area (Å²) in [5, 5.41) is 7.46. The average molecular weight is 475 g/mol. The first-order valence-electron chi connectivity index (χ1n) is 10.2. The Bertz CT molecular complexity index is 1140. The molecule has 11 heteroatoms. The summed E-state index contributed by atoms with van der Waals surface area (Å²) in [6.45, 7) is 0.741. The maximum absolute atomic E-state index is 13.0. The van der Waals surface area contributed by atoms with Gasteiger partial charge in [-0.25, -0.2) is 4.98 Å². The zero-order valence-corrected chi connectivity index (χ0v) is 18.1. The molecule has 1 fully saturated rings. The predicted octanol–water partition coefficient (Wildman–Crippen LogP) is 4.22. The Labute approximate surface area is 191 Å². The number of anilines is 2. The SMILES string of the molecule is O=C(NCc1cccnc1)C1CCCN1C(=O)c1csc(Nc2cccc(C(F)(F)F)c2)n1. The number of carbonyl (C=O) groups excluding carboxylic acids is 2. The van der Waals surface area contributed by atoms with Crippen LogP contribution in [-0.4, -0.2) is 39.3 Å². The van der Waals surface area contributed by atoms with E-state index in [0.717, 1.165) is 29.0 Å². The average Bonchev–Trinajstić information content (AvgIpc) is 3.47. The van der Waals surface area contributed by atoms with E-state index in [1.165, 1.54) is 22.4 Å². The van der Waals surface area contributed by atoms with Crippen molar-refractivity contribution in [2.24, 2.45) is 0 Å². The molecule has 1 unspecified atom stereocenters. The third-order valence-electron chi connectivity index (χ3n) is 5.17. The quantitative estimate of drug-likeness (QED) is 0.558. The standard InChI is InChI=1S/C22H20F3N5O2S/c23-22(24,25)15-5-1-6-16(10-15)28-21-29-17(13-33-21)20(32)30-9-3-7-18(30)19(31)27-12-14-4-2-8-26-11-14/h1-2,4-6,8,10-11,13,18H,3,7,9,12H2,(H,27,31)(H,28,29). The molecule has 1 aliphatic rings. The van der Waals surface area contributed by atoms with Crippen LogP contribution < -0.4 is 10.6 Å². The van der Waals surface area contributed by atoms with Gasteiger partial charge in [-0.1, -0.05) is 12.1 Å². The van der Waals surface area contributed by atoms with Gasteiger partial charge in [0.1, 0.15) is 11.7 Å². The lowest BCUT2D eigenvalue weighted by Gasteiger charge is -2.23. The highest BCUT2D eigenvalue weighted by Gasteiger charge is 2.35. The number of likely N-dealkylation sites (tertiary alicyclic amines) is 1. The van der Waals surface area contributed by atoms with Gasteiger partial charge in [0.2, 0.25) is 5.91 Å². The van der Waals surface area contributed by atoms with Crippen LogP contribution in [0.25, 0.3) is 0 Å². The molecule has 2 amide bonds. The Balaban J connectivity index is 1.40. The van der Waals surface area contributed by atoms with Gasteiger partial charge in [0.05, 0.1) is 5.56 Å². The molecule has 3 heterocycles. The smallest absolute Gasteiger partial charge is 0.350 e. The molecule has 0 saturated carbocycles. The summed E-state index contributed by atoms with van der Waals surface area (Å²) in [6.07, 6.45) is 0.0864. The van der Waals surface area contributed by atoms with Crippen molar-refractivity contribution in [1.82, 2.24) is 20.2 Å². The number of amides is 2. The van der Waals surface area contributed by atoms with Crippen LogP contribution in [0.2, 0.25) is 0 Å². The Hall–Kier alpha value is -3.47. The predicted molar refractivity (Wildman–Crippen MR) is 117 cm³/mol. The molecule has 4 rings (SSSR count). The van der Waals surface area contributed by atoms with Crippen molar-refractivity contribution in [2.45, 2.75) is 31.6 Å². The minimum atomic E-state index is -4.45. The number of carbonyl (C=O) groups is 2. The van der Waals surface area contributed by atoms with Crippen LogP contribution in [0.5, 0.6) is 0 Å². The first kappa shape index (κ1) is 22.7. The van der Waals surface area contributed by atoms with Gasteiger partial charge in [-0.05, 0) is 42.7 Å². The summed E-state index contributed by atoms with van der Waals surface area (Å²) in [7, 11) is 0. The lowest BCUT2D eigenvalue weighted by atomic mass is 10.2. The van der Waals surface area contributed by atoms with Crippen LogP contribution >= 0.6 is 11.3 Å². The molecule has 172 valence electrons. The van der Waals surface area contributed by atoms with E-state index >= 15 is 0 Å². The number of rotatable bonds is 6. The van der Waals surface area contributed by atoms with Crippen LogP contribution in [-0.2, 0) is 17.5 Å². The van der Waals surface area contributed by atoms with Crippen molar-refractivity contribution in [3.05, 3.63) is 71.0 Å². The van der Waals surface area contributed by atoms with E-state index in [9.17, 15) is 22.8 Å². The number of aromatic nitrogens is 2. The zero-order valence-electron chi connectivity index (χ0n) is 17.3. The number of nitrogens with one attached hydrogen (secondary N) is 2. The van der Waals surface area contributed by atoms with Gasteiger partial charge in [0.25, 0.3) is 5.91 Å².